The summed E-state index contributed by atoms with van der Waals surface area (Å²) in [5.41, 5.74) is 0.870. The van der Waals surface area contributed by atoms with Gasteiger partial charge in [-0.2, -0.15) is 0 Å². The first kappa shape index (κ1) is 17.6. The summed E-state index contributed by atoms with van der Waals surface area (Å²) in [7, 11) is 0. The lowest BCUT2D eigenvalue weighted by atomic mass is 10.0. The third-order valence-electron chi connectivity index (χ3n) is 4.28. The van der Waals surface area contributed by atoms with Crippen LogP contribution < -0.4 is 0 Å². The lowest BCUT2D eigenvalue weighted by molar-refractivity contribution is -0.120. The highest BCUT2D eigenvalue weighted by molar-refractivity contribution is 5.78. The van der Waals surface area contributed by atoms with Gasteiger partial charge in [-0.1, -0.05) is 37.0 Å². The zero-order valence-electron chi connectivity index (χ0n) is 13.2. The molecule has 1 aromatic rings. The third kappa shape index (κ3) is 4.18. The Morgan fingerprint density at radius 1 is 1.17 bits per heavy atom. The molecule has 0 amide bonds. The SMILES string of the molecule is CCC(=O)CC1[C@@H](O)[C@H](O)[C@@H](CO)N1CC#Cc1ccccc1. The highest BCUT2D eigenvalue weighted by Crippen LogP contribution is 2.27. The average Bonchev–Trinajstić information content (AvgIpc) is 2.80. The number of aliphatic hydroxyl groups excluding tert-OH is 3. The summed E-state index contributed by atoms with van der Waals surface area (Å²) in [5.74, 6) is 6.03. The fourth-order valence-electron chi connectivity index (χ4n) is 2.91. The van der Waals surface area contributed by atoms with Crippen molar-refractivity contribution < 1.29 is 20.1 Å². The van der Waals surface area contributed by atoms with Crippen molar-refractivity contribution in [3.8, 4) is 11.8 Å². The van der Waals surface area contributed by atoms with E-state index in [0.717, 1.165) is 5.56 Å². The Balaban J connectivity index is 2.13. The van der Waals surface area contributed by atoms with Gasteiger partial charge in [-0.25, -0.2) is 0 Å². The first-order valence-corrected chi connectivity index (χ1v) is 7.86. The van der Waals surface area contributed by atoms with Crippen molar-refractivity contribution in [2.75, 3.05) is 13.2 Å². The fourth-order valence-corrected chi connectivity index (χ4v) is 2.91. The quantitative estimate of drug-likeness (QED) is 0.675. The van der Waals surface area contributed by atoms with Gasteiger partial charge in [0, 0.05) is 24.4 Å². The van der Waals surface area contributed by atoms with E-state index in [9.17, 15) is 20.1 Å². The summed E-state index contributed by atoms with van der Waals surface area (Å²) < 4.78 is 0. The van der Waals surface area contributed by atoms with Crippen LogP contribution in [0.1, 0.15) is 25.3 Å². The van der Waals surface area contributed by atoms with Gasteiger partial charge in [-0.3, -0.25) is 9.69 Å². The van der Waals surface area contributed by atoms with Crippen LogP contribution >= 0.6 is 0 Å². The first-order chi connectivity index (χ1) is 11.1. The van der Waals surface area contributed by atoms with Gasteiger partial charge in [0.1, 0.15) is 5.78 Å². The maximum Gasteiger partial charge on any atom is 0.134 e. The molecular weight excluding hydrogens is 294 g/mol. The second kappa shape index (κ2) is 8.23. The number of nitrogens with zero attached hydrogens (tertiary/aromatic N) is 1. The molecule has 124 valence electrons. The summed E-state index contributed by atoms with van der Waals surface area (Å²) >= 11 is 0. The van der Waals surface area contributed by atoms with Crippen LogP contribution in [-0.4, -0.2) is 63.4 Å². The van der Waals surface area contributed by atoms with Gasteiger partial charge < -0.3 is 15.3 Å². The van der Waals surface area contributed by atoms with E-state index in [4.69, 9.17) is 0 Å². The Morgan fingerprint density at radius 2 is 1.83 bits per heavy atom. The number of carbonyl (C=O) groups is 1. The van der Waals surface area contributed by atoms with Gasteiger partial charge in [0.25, 0.3) is 0 Å². The summed E-state index contributed by atoms with van der Waals surface area (Å²) in [6.07, 6.45) is -1.60. The molecule has 0 spiro atoms. The molecule has 1 heterocycles. The van der Waals surface area contributed by atoms with E-state index in [1.165, 1.54) is 0 Å². The number of likely N-dealkylation sites (tertiary alicyclic amines) is 1. The average molecular weight is 317 g/mol. The molecule has 0 aromatic heterocycles. The van der Waals surface area contributed by atoms with E-state index < -0.39 is 24.3 Å². The maximum absolute atomic E-state index is 11.7. The van der Waals surface area contributed by atoms with Crippen LogP contribution in [0.5, 0.6) is 0 Å². The minimum atomic E-state index is -1.08. The van der Waals surface area contributed by atoms with Crippen LogP contribution in [-0.2, 0) is 4.79 Å². The smallest absolute Gasteiger partial charge is 0.134 e. The van der Waals surface area contributed by atoms with Crippen molar-refractivity contribution >= 4 is 5.78 Å². The van der Waals surface area contributed by atoms with Crippen LogP contribution in [0, 0.1) is 11.8 Å². The molecule has 5 nitrogen and oxygen atoms in total. The molecule has 4 atom stereocenters. The van der Waals surface area contributed by atoms with Gasteiger partial charge in [0.15, 0.2) is 0 Å². The van der Waals surface area contributed by atoms with E-state index in [1.807, 2.05) is 30.3 Å². The Labute approximate surface area is 136 Å². The molecule has 1 saturated heterocycles. The lowest BCUT2D eigenvalue weighted by Crippen LogP contribution is -2.42. The van der Waals surface area contributed by atoms with E-state index >= 15 is 0 Å². The number of hydrogen-bond acceptors (Lipinski definition) is 5. The summed E-state index contributed by atoms with van der Waals surface area (Å²) in [4.78, 5) is 13.5. The normalized spacial score (nSPS) is 27.5. The maximum atomic E-state index is 11.7. The predicted molar refractivity (Wildman–Crippen MR) is 86.6 cm³/mol. The van der Waals surface area contributed by atoms with Gasteiger partial charge in [0.05, 0.1) is 31.4 Å². The summed E-state index contributed by atoms with van der Waals surface area (Å²) in [6.45, 7) is 1.75. The molecule has 23 heavy (non-hydrogen) atoms. The number of carbonyl (C=O) groups excluding carboxylic acids is 1. The molecule has 3 N–H and O–H groups in total. The Bertz CT molecular complexity index is 578. The fraction of sp³-hybridized carbons (Fsp3) is 0.500. The minimum absolute atomic E-state index is 0.0147. The lowest BCUT2D eigenvalue weighted by Gasteiger charge is -2.27. The molecular formula is C18H23NO4. The standard InChI is InChI=1S/C18H23NO4/c1-2-14(21)11-15-17(22)18(23)16(12-20)19(15)10-6-9-13-7-4-3-5-8-13/h3-5,7-8,15-18,20,22-23H,2,10-12H2,1H3/t15?,16-,17-,18-/m1/s1. The molecule has 1 aliphatic rings. The third-order valence-corrected chi connectivity index (χ3v) is 4.28. The number of rotatable bonds is 5. The van der Waals surface area contributed by atoms with Crippen molar-refractivity contribution in [3.63, 3.8) is 0 Å². The Kier molecular flexibility index (Phi) is 6.31. The second-order valence-corrected chi connectivity index (χ2v) is 5.73. The number of Topliss-reactive ketones (excluding diaryl/α,β-unsaturated/α-hetero) is 1. The minimum Gasteiger partial charge on any atom is -0.395 e. The zero-order valence-corrected chi connectivity index (χ0v) is 13.2. The van der Waals surface area contributed by atoms with Gasteiger partial charge in [-0.05, 0) is 12.1 Å². The molecule has 0 radical (unpaired) electrons. The van der Waals surface area contributed by atoms with E-state index in [-0.39, 0.29) is 25.4 Å². The van der Waals surface area contributed by atoms with Crippen LogP contribution in [0.2, 0.25) is 0 Å². The second-order valence-electron chi connectivity index (χ2n) is 5.73. The molecule has 1 unspecified atom stereocenters. The van der Waals surface area contributed by atoms with E-state index in [2.05, 4.69) is 11.8 Å². The van der Waals surface area contributed by atoms with Crippen molar-refractivity contribution in [3.05, 3.63) is 35.9 Å². The number of hydrogen-bond donors (Lipinski definition) is 3. The van der Waals surface area contributed by atoms with Crippen LogP contribution in [0.3, 0.4) is 0 Å². The first-order valence-electron chi connectivity index (χ1n) is 7.86. The highest BCUT2D eigenvalue weighted by Gasteiger charge is 2.47. The van der Waals surface area contributed by atoms with Crippen molar-refractivity contribution in [2.45, 2.75) is 44.1 Å². The van der Waals surface area contributed by atoms with Crippen LogP contribution in [0.4, 0.5) is 0 Å². The predicted octanol–water partition coefficient (Wildman–Crippen LogP) is 0.174. The molecule has 1 fully saturated rings. The number of aliphatic hydroxyl groups is 3. The van der Waals surface area contributed by atoms with Crippen LogP contribution in [0.25, 0.3) is 0 Å². The van der Waals surface area contributed by atoms with E-state index in [0.29, 0.717) is 6.42 Å². The molecule has 1 aromatic carbocycles. The Hall–Kier alpha value is -1.71. The van der Waals surface area contributed by atoms with Gasteiger partial charge in [0.2, 0.25) is 0 Å². The van der Waals surface area contributed by atoms with Crippen molar-refractivity contribution in [1.29, 1.82) is 0 Å². The molecule has 0 saturated carbocycles. The zero-order chi connectivity index (χ0) is 16.8. The van der Waals surface area contributed by atoms with E-state index in [1.54, 1.807) is 11.8 Å². The molecule has 5 heteroatoms. The van der Waals surface area contributed by atoms with Crippen molar-refractivity contribution in [1.82, 2.24) is 4.90 Å². The topological polar surface area (TPSA) is 81.0 Å². The molecule has 1 aliphatic heterocycles. The monoisotopic (exact) mass is 317 g/mol. The summed E-state index contributed by atoms with van der Waals surface area (Å²) in [6, 6.07) is 8.36. The van der Waals surface area contributed by atoms with Gasteiger partial charge in [-0.15, -0.1) is 0 Å². The Morgan fingerprint density at radius 3 is 2.43 bits per heavy atom. The van der Waals surface area contributed by atoms with Crippen molar-refractivity contribution in [2.24, 2.45) is 0 Å². The number of ketones is 1. The summed E-state index contributed by atoms with van der Waals surface area (Å²) in [5, 5.41) is 29.8. The molecule has 2 rings (SSSR count). The largest absolute Gasteiger partial charge is 0.395 e. The van der Waals surface area contributed by atoms with Gasteiger partial charge >= 0.3 is 0 Å². The number of benzene rings is 1. The molecule has 0 bridgehead atoms. The highest BCUT2D eigenvalue weighted by atomic mass is 16.3. The molecule has 0 aliphatic carbocycles. The van der Waals surface area contributed by atoms with Crippen LogP contribution in [0.15, 0.2) is 30.3 Å².